The summed E-state index contributed by atoms with van der Waals surface area (Å²) in [7, 11) is 0. The lowest BCUT2D eigenvalue weighted by Crippen LogP contribution is -2.26. The summed E-state index contributed by atoms with van der Waals surface area (Å²) >= 11 is 5.16. The highest BCUT2D eigenvalue weighted by Gasteiger charge is 2.39. The number of thiophene rings is 2. The van der Waals surface area contributed by atoms with Gasteiger partial charge >= 0.3 is 6.05 Å². The lowest BCUT2D eigenvalue weighted by molar-refractivity contribution is -0.115. The molecule has 0 bridgehead atoms. The van der Waals surface area contributed by atoms with E-state index in [1.165, 1.54) is 35.2 Å². The first-order chi connectivity index (χ1) is 29.2. The minimum atomic E-state index is -3.46. The molecule has 8 rings (SSSR count). The Morgan fingerprint density at radius 3 is 2.07 bits per heavy atom. The van der Waals surface area contributed by atoms with Gasteiger partial charge in [-0.1, -0.05) is 115 Å². The highest BCUT2D eigenvalue weighted by Crippen LogP contribution is 2.40. The first-order valence-corrected chi connectivity index (χ1v) is 22.4. The molecule has 4 aromatic heterocycles. The average molecular weight is 875 g/mol. The molecule has 2 atom stereocenters. The normalized spacial score (nSPS) is 12.5. The number of carbonyl (C=O) groups excluding carboxylic acids is 2. The number of rotatable bonds is 15. The number of halogens is 2. The van der Waals surface area contributed by atoms with Crippen LogP contribution in [-0.4, -0.2) is 52.3 Å². The van der Waals surface area contributed by atoms with Crippen LogP contribution in [0.2, 0.25) is 0 Å². The van der Waals surface area contributed by atoms with Gasteiger partial charge in [0.05, 0.1) is 17.0 Å². The summed E-state index contributed by atoms with van der Waals surface area (Å²) in [6.07, 6.45) is 0. The maximum Gasteiger partial charge on any atom is 0.359 e. The number of hydrogen-bond donors (Lipinski definition) is 2. The van der Waals surface area contributed by atoms with Crippen LogP contribution in [-0.2, 0) is 15.6 Å². The number of anilines is 2. The average Bonchev–Trinajstić information content (AvgIpc) is 4.12. The van der Waals surface area contributed by atoms with E-state index >= 15 is 8.78 Å². The van der Waals surface area contributed by atoms with E-state index in [-0.39, 0.29) is 40.2 Å². The summed E-state index contributed by atoms with van der Waals surface area (Å²) in [6, 6.07) is 34.5. The quantitative estimate of drug-likeness (QED) is 0.0978. The van der Waals surface area contributed by atoms with Gasteiger partial charge in [-0.25, -0.2) is 4.57 Å². The Morgan fingerprint density at radius 2 is 1.37 bits per heavy atom. The highest BCUT2D eigenvalue weighted by atomic mass is 32.2. The highest BCUT2D eigenvalue weighted by molar-refractivity contribution is 8.00. The van der Waals surface area contributed by atoms with Gasteiger partial charge in [0, 0.05) is 43.7 Å². The molecule has 0 saturated carbocycles. The van der Waals surface area contributed by atoms with Crippen molar-refractivity contribution in [1.29, 1.82) is 0 Å². The Morgan fingerprint density at radius 1 is 0.717 bits per heavy atom. The van der Waals surface area contributed by atoms with Crippen molar-refractivity contribution in [2.24, 2.45) is 0 Å². The third kappa shape index (κ3) is 8.96. The molecule has 0 spiro atoms. The molecule has 60 heavy (non-hydrogen) atoms. The van der Waals surface area contributed by atoms with Gasteiger partial charge < -0.3 is 10.6 Å². The Bertz CT molecular complexity index is 2690. The third-order valence-electron chi connectivity index (χ3n) is 9.48. The molecule has 0 aliphatic carbocycles. The number of nitrogens with zero attached hydrogens (tertiary/aromatic N) is 6. The van der Waals surface area contributed by atoms with Crippen molar-refractivity contribution in [3.8, 4) is 33.2 Å². The van der Waals surface area contributed by atoms with E-state index in [1.807, 2.05) is 73.0 Å². The van der Waals surface area contributed by atoms with Crippen LogP contribution in [0, 0.1) is 0 Å². The Balaban J connectivity index is 0.964. The van der Waals surface area contributed by atoms with Crippen molar-refractivity contribution >= 4 is 69.4 Å². The molecule has 2 unspecified atom stereocenters. The summed E-state index contributed by atoms with van der Waals surface area (Å²) < 4.78 is 34.9. The standard InChI is InChI=1S/C44H36F2N8O2S4/c1-28(30-12-6-3-7-13-30)53-39(49-51-42(53)60-29(2)41(56)48-35-16-10-5-11-17-35)33-24-37(58-26-33)31-18-20-36(21-19-31)47-38(55)27-59-43-52-50-40(32-22-23-57-25-32)54(43)44(45,46)34-14-8-4-9-15-34/h3-26,28-29H,27H2,1-2H3,(H,47,55)(H,48,56). The van der Waals surface area contributed by atoms with Crippen molar-refractivity contribution in [2.45, 2.75) is 41.5 Å². The van der Waals surface area contributed by atoms with Gasteiger partial charge in [0.2, 0.25) is 11.8 Å². The molecular weight excluding hydrogens is 839 g/mol. The maximum atomic E-state index is 16.0. The van der Waals surface area contributed by atoms with Crippen LogP contribution in [0.5, 0.6) is 0 Å². The number of benzene rings is 4. The lowest BCUT2D eigenvalue weighted by Gasteiger charge is -2.21. The monoisotopic (exact) mass is 874 g/mol. The van der Waals surface area contributed by atoms with E-state index in [2.05, 4.69) is 60.7 Å². The number of nitrogens with one attached hydrogen (secondary N) is 2. The number of alkyl halides is 2. The molecule has 4 aromatic carbocycles. The molecule has 8 aromatic rings. The molecule has 0 fully saturated rings. The molecule has 302 valence electrons. The predicted octanol–water partition coefficient (Wildman–Crippen LogP) is 11.1. The molecule has 0 aliphatic heterocycles. The lowest BCUT2D eigenvalue weighted by atomic mass is 10.1. The second-order valence-corrected chi connectivity index (χ2v) is 17.5. The SMILES string of the molecule is CC(Sc1nnc(-c2csc(-c3ccc(NC(=O)CSc4nnc(-c5ccsc5)n4C(F)(F)c4ccccc4)cc3)c2)n1C(C)c1ccccc1)C(=O)Nc1ccccc1. The Labute approximate surface area is 361 Å². The van der Waals surface area contributed by atoms with Crippen LogP contribution in [0.3, 0.4) is 0 Å². The molecule has 2 amide bonds. The van der Waals surface area contributed by atoms with Crippen LogP contribution in [0.1, 0.15) is 31.0 Å². The number of hydrogen-bond acceptors (Lipinski definition) is 10. The smallest absolute Gasteiger partial charge is 0.325 e. The van der Waals surface area contributed by atoms with Crippen LogP contribution < -0.4 is 10.6 Å². The van der Waals surface area contributed by atoms with Gasteiger partial charge in [-0.2, -0.15) is 20.1 Å². The second-order valence-electron chi connectivity index (χ2n) is 13.6. The fourth-order valence-corrected chi connectivity index (χ4v) is 9.59. The van der Waals surface area contributed by atoms with Crippen molar-refractivity contribution in [1.82, 2.24) is 29.5 Å². The van der Waals surface area contributed by atoms with Crippen LogP contribution in [0.25, 0.3) is 33.2 Å². The largest absolute Gasteiger partial charge is 0.359 e. The van der Waals surface area contributed by atoms with E-state index in [4.69, 9.17) is 0 Å². The molecule has 0 saturated heterocycles. The van der Waals surface area contributed by atoms with Crippen molar-refractivity contribution < 1.29 is 18.4 Å². The van der Waals surface area contributed by atoms with Crippen molar-refractivity contribution in [2.75, 3.05) is 16.4 Å². The number of aromatic nitrogens is 6. The van der Waals surface area contributed by atoms with E-state index in [0.29, 0.717) is 22.2 Å². The number of amides is 2. The Kier molecular flexibility index (Phi) is 12.3. The van der Waals surface area contributed by atoms with Gasteiger partial charge in [0.15, 0.2) is 22.0 Å². The van der Waals surface area contributed by atoms with Gasteiger partial charge in [-0.3, -0.25) is 14.2 Å². The second kappa shape index (κ2) is 18.1. The third-order valence-corrected chi connectivity index (χ3v) is 13.1. The fourth-order valence-electron chi connectivity index (χ4n) is 6.37. The van der Waals surface area contributed by atoms with Crippen LogP contribution >= 0.6 is 46.2 Å². The van der Waals surface area contributed by atoms with E-state index < -0.39 is 11.3 Å². The van der Waals surface area contributed by atoms with Crippen LogP contribution in [0.15, 0.2) is 154 Å². The van der Waals surface area contributed by atoms with E-state index in [0.717, 1.165) is 43.6 Å². The maximum absolute atomic E-state index is 16.0. The van der Waals surface area contributed by atoms with Crippen LogP contribution in [0.4, 0.5) is 20.2 Å². The minimum absolute atomic E-state index is 0.0174. The fraction of sp³-hybridized carbons (Fsp3) is 0.136. The summed E-state index contributed by atoms with van der Waals surface area (Å²) in [5.41, 5.74) is 4.46. The van der Waals surface area contributed by atoms with Crippen molar-refractivity contribution in [3.05, 3.63) is 155 Å². The number of thioether (sulfide) groups is 2. The summed E-state index contributed by atoms with van der Waals surface area (Å²) in [6.45, 7) is 3.94. The first kappa shape index (κ1) is 40.8. The van der Waals surface area contributed by atoms with Gasteiger partial charge in [0.1, 0.15) is 0 Å². The molecule has 10 nitrogen and oxygen atoms in total. The van der Waals surface area contributed by atoms with E-state index in [1.54, 1.807) is 58.5 Å². The predicted molar refractivity (Wildman–Crippen MR) is 238 cm³/mol. The first-order valence-electron chi connectivity index (χ1n) is 18.7. The topological polar surface area (TPSA) is 120 Å². The zero-order valence-electron chi connectivity index (χ0n) is 32.1. The number of carbonyl (C=O) groups is 2. The molecule has 4 heterocycles. The van der Waals surface area contributed by atoms with Gasteiger partial charge in [0.25, 0.3) is 0 Å². The summed E-state index contributed by atoms with van der Waals surface area (Å²) in [5, 5.41) is 28.9. The molecular formula is C44H36F2N8O2S4. The molecule has 2 N–H and O–H groups in total. The Hall–Kier alpha value is -5.94. The number of para-hydroxylation sites is 1. The summed E-state index contributed by atoms with van der Waals surface area (Å²) in [4.78, 5) is 27.3. The zero-order valence-corrected chi connectivity index (χ0v) is 35.4. The van der Waals surface area contributed by atoms with Gasteiger partial charge in [-0.05, 0) is 66.8 Å². The molecule has 0 radical (unpaired) electrons. The van der Waals surface area contributed by atoms with Gasteiger partial charge in [-0.15, -0.1) is 31.7 Å². The molecule has 16 heteroatoms. The van der Waals surface area contributed by atoms with E-state index in [9.17, 15) is 9.59 Å². The summed E-state index contributed by atoms with van der Waals surface area (Å²) in [5.74, 6) is 0.00839. The minimum Gasteiger partial charge on any atom is -0.325 e. The van der Waals surface area contributed by atoms with Crippen molar-refractivity contribution in [3.63, 3.8) is 0 Å². The zero-order chi connectivity index (χ0) is 41.6. The molecule has 0 aliphatic rings.